The molecule has 0 radical (unpaired) electrons. The molecule has 0 aliphatic carbocycles. The summed E-state index contributed by atoms with van der Waals surface area (Å²) >= 11 is 0. The van der Waals surface area contributed by atoms with Crippen molar-refractivity contribution < 1.29 is 19.0 Å². The van der Waals surface area contributed by atoms with Crippen LogP contribution in [0.1, 0.15) is 24.8 Å². The Hall–Kier alpha value is -1.71. The second-order valence-corrected chi connectivity index (χ2v) is 3.59. The topological polar surface area (TPSA) is 44.8 Å². The third kappa shape index (κ3) is 2.90. The predicted octanol–water partition coefficient (Wildman–Crippen LogP) is 2.37. The van der Waals surface area contributed by atoms with Gasteiger partial charge in [0.2, 0.25) is 0 Å². The van der Waals surface area contributed by atoms with Gasteiger partial charge < -0.3 is 14.2 Å². The van der Waals surface area contributed by atoms with E-state index in [1.165, 1.54) is 7.11 Å². The summed E-state index contributed by atoms with van der Waals surface area (Å²) in [6.45, 7) is 1.94. The maximum atomic E-state index is 11.7. The lowest BCUT2D eigenvalue weighted by Crippen LogP contribution is -2.14. The Morgan fingerprint density at radius 1 is 1.24 bits per heavy atom. The average Bonchev–Trinajstić information content (AvgIpc) is 2.39. The second-order valence-electron chi connectivity index (χ2n) is 3.59. The number of ether oxygens (including phenoxy) is 3. The Morgan fingerprint density at radius 2 is 1.94 bits per heavy atom. The van der Waals surface area contributed by atoms with Crippen LogP contribution in [0, 0.1) is 0 Å². The summed E-state index contributed by atoms with van der Waals surface area (Å²) in [4.78, 5) is 11.7. The van der Waals surface area contributed by atoms with E-state index in [1.54, 1.807) is 20.3 Å². The molecule has 0 aromatic heterocycles. The minimum absolute atomic E-state index is 0.254. The van der Waals surface area contributed by atoms with Gasteiger partial charge in [0.25, 0.3) is 0 Å². The van der Waals surface area contributed by atoms with Crippen LogP contribution >= 0.6 is 0 Å². The quantitative estimate of drug-likeness (QED) is 0.739. The molecule has 0 amide bonds. The predicted molar refractivity (Wildman–Crippen MR) is 64.6 cm³/mol. The van der Waals surface area contributed by atoms with Gasteiger partial charge in [-0.2, -0.15) is 0 Å². The van der Waals surface area contributed by atoms with E-state index < -0.39 is 0 Å². The Labute approximate surface area is 101 Å². The van der Waals surface area contributed by atoms with Crippen molar-refractivity contribution in [3.63, 3.8) is 0 Å². The molecular formula is C13H18O4. The first-order chi connectivity index (χ1) is 8.17. The van der Waals surface area contributed by atoms with Gasteiger partial charge in [-0.3, -0.25) is 4.79 Å². The Bertz CT molecular complexity index is 387. The molecule has 0 bridgehead atoms. The van der Waals surface area contributed by atoms with Crippen LogP contribution in [0.4, 0.5) is 0 Å². The van der Waals surface area contributed by atoms with Crippen molar-refractivity contribution in [3.05, 3.63) is 23.8 Å². The summed E-state index contributed by atoms with van der Waals surface area (Å²) in [6.07, 6.45) is 0.662. The SMILES string of the molecule is CCC(C(=O)OC)c1ccc(OC)cc1OC. The zero-order valence-corrected chi connectivity index (χ0v) is 10.6. The first-order valence-electron chi connectivity index (χ1n) is 5.47. The van der Waals surface area contributed by atoms with E-state index in [1.807, 2.05) is 19.1 Å². The summed E-state index contributed by atoms with van der Waals surface area (Å²) in [6, 6.07) is 5.41. The largest absolute Gasteiger partial charge is 0.497 e. The molecule has 0 aliphatic heterocycles. The molecule has 0 fully saturated rings. The lowest BCUT2D eigenvalue weighted by molar-refractivity contribution is -0.142. The minimum atomic E-state index is -0.305. The third-order valence-electron chi connectivity index (χ3n) is 2.71. The number of carbonyl (C=O) groups excluding carboxylic acids is 1. The molecule has 1 unspecified atom stereocenters. The molecule has 1 aromatic rings. The molecule has 1 rings (SSSR count). The van der Waals surface area contributed by atoms with Crippen LogP contribution < -0.4 is 9.47 Å². The summed E-state index contributed by atoms with van der Waals surface area (Å²) in [5, 5.41) is 0. The number of rotatable bonds is 5. The van der Waals surface area contributed by atoms with E-state index in [0.29, 0.717) is 17.9 Å². The van der Waals surface area contributed by atoms with Crippen LogP contribution in [0.5, 0.6) is 11.5 Å². The van der Waals surface area contributed by atoms with Gasteiger partial charge in [0.15, 0.2) is 0 Å². The van der Waals surface area contributed by atoms with Crippen LogP contribution in [-0.4, -0.2) is 27.3 Å². The molecule has 0 saturated carbocycles. The van der Waals surface area contributed by atoms with E-state index in [-0.39, 0.29) is 11.9 Å². The monoisotopic (exact) mass is 238 g/mol. The third-order valence-corrected chi connectivity index (χ3v) is 2.71. The van der Waals surface area contributed by atoms with E-state index in [2.05, 4.69) is 0 Å². The fourth-order valence-electron chi connectivity index (χ4n) is 1.76. The molecule has 0 aliphatic rings. The van der Waals surface area contributed by atoms with Crippen molar-refractivity contribution in [1.29, 1.82) is 0 Å². The lowest BCUT2D eigenvalue weighted by atomic mass is 9.95. The molecule has 0 heterocycles. The van der Waals surface area contributed by atoms with Crippen molar-refractivity contribution in [2.75, 3.05) is 21.3 Å². The van der Waals surface area contributed by atoms with Crippen LogP contribution in [0.15, 0.2) is 18.2 Å². The molecule has 1 atom stereocenters. The highest BCUT2D eigenvalue weighted by atomic mass is 16.5. The summed E-state index contributed by atoms with van der Waals surface area (Å²) in [5.41, 5.74) is 0.822. The molecule has 0 spiro atoms. The lowest BCUT2D eigenvalue weighted by Gasteiger charge is -2.16. The highest BCUT2D eigenvalue weighted by Gasteiger charge is 2.23. The molecular weight excluding hydrogens is 220 g/mol. The van der Waals surface area contributed by atoms with Crippen molar-refractivity contribution in [2.24, 2.45) is 0 Å². The zero-order valence-electron chi connectivity index (χ0n) is 10.6. The first-order valence-corrected chi connectivity index (χ1v) is 5.47. The van der Waals surface area contributed by atoms with Gasteiger partial charge in [0.05, 0.1) is 27.2 Å². The van der Waals surface area contributed by atoms with E-state index in [9.17, 15) is 4.79 Å². The fraction of sp³-hybridized carbons (Fsp3) is 0.462. The molecule has 17 heavy (non-hydrogen) atoms. The van der Waals surface area contributed by atoms with Gasteiger partial charge in [0.1, 0.15) is 11.5 Å². The number of hydrogen-bond donors (Lipinski definition) is 0. The highest BCUT2D eigenvalue weighted by molar-refractivity contribution is 5.79. The van der Waals surface area contributed by atoms with Gasteiger partial charge in [-0.15, -0.1) is 0 Å². The molecule has 4 heteroatoms. The number of methoxy groups -OCH3 is 3. The Morgan fingerprint density at radius 3 is 2.41 bits per heavy atom. The van der Waals surface area contributed by atoms with Crippen LogP contribution in [-0.2, 0) is 9.53 Å². The smallest absolute Gasteiger partial charge is 0.313 e. The van der Waals surface area contributed by atoms with Crippen molar-refractivity contribution in [2.45, 2.75) is 19.3 Å². The normalized spacial score (nSPS) is 11.8. The Kier molecular flexibility index (Phi) is 4.82. The van der Waals surface area contributed by atoms with Crippen LogP contribution in [0.25, 0.3) is 0 Å². The highest BCUT2D eigenvalue weighted by Crippen LogP contribution is 2.32. The maximum Gasteiger partial charge on any atom is 0.313 e. The maximum absolute atomic E-state index is 11.7. The number of esters is 1. The summed E-state index contributed by atoms with van der Waals surface area (Å²) < 4.78 is 15.2. The summed E-state index contributed by atoms with van der Waals surface area (Å²) in [7, 11) is 4.55. The molecule has 1 aromatic carbocycles. The second kappa shape index (κ2) is 6.13. The van der Waals surface area contributed by atoms with Gasteiger partial charge in [-0.25, -0.2) is 0 Å². The van der Waals surface area contributed by atoms with Crippen molar-refractivity contribution in [3.8, 4) is 11.5 Å². The number of carbonyl (C=O) groups is 1. The average molecular weight is 238 g/mol. The number of hydrogen-bond acceptors (Lipinski definition) is 4. The van der Waals surface area contributed by atoms with Crippen molar-refractivity contribution >= 4 is 5.97 Å². The summed E-state index contributed by atoms with van der Waals surface area (Å²) in [5.74, 6) is 0.781. The zero-order chi connectivity index (χ0) is 12.8. The van der Waals surface area contributed by atoms with E-state index in [4.69, 9.17) is 14.2 Å². The van der Waals surface area contributed by atoms with Gasteiger partial charge >= 0.3 is 5.97 Å². The van der Waals surface area contributed by atoms with Crippen molar-refractivity contribution in [1.82, 2.24) is 0 Å². The molecule has 0 N–H and O–H groups in total. The van der Waals surface area contributed by atoms with Gasteiger partial charge in [-0.05, 0) is 12.5 Å². The fourth-order valence-corrected chi connectivity index (χ4v) is 1.76. The molecule has 94 valence electrons. The van der Waals surface area contributed by atoms with Crippen LogP contribution in [0.2, 0.25) is 0 Å². The van der Waals surface area contributed by atoms with E-state index >= 15 is 0 Å². The first kappa shape index (κ1) is 13.4. The van der Waals surface area contributed by atoms with Gasteiger partial charge in [-0.1, -0.05) is 13.0 Å². The van der Waals surface area contributed by atoms with E-state index in [0.717, 1.165) is 5.56 Å². The number of benzene rings is 1. The van der Waals surface area contributed by atoms with Crippen LogP contribution in [0.3, 0.4) is 0 Å². The van der Waals surface area contributed by atoms with Gasteiger partial charge in [0, 0.05) is 11.6 Å². The minimum Gasteiger partial charge on any atom is -0.497 e. The standard InChI is InChI=1S/C13H18O4/c1-5-10(13(14)17-4)11-7-6-9(15-2)8-12(11)16-3/h6-8,10H,5H2,1-4H3. The molecule has 0 saturated heterocycles. The Balaban J connectivity index is 3.14. The molecule has 4 nitrogen and oxygen atoms in total.